The largest absolute Gasteiger partial charge is 0.371 e. The minimum Gasteiger partial charge on any atom is -0.371 e. The number of nitrogens with one attached hydrogen (secondary N) is 1. The van der Waals surface area contributed by atoms with E-state index >= 15 is 0 Å². The molecule has 0 radical (unpaired) electrons. The maximum atomic E-state index is 14.6. The fourth-order valence-corrected chi connectivity index (χ4v) is 3.46. The molecule has 0 saturated carbocycles. The summed E-state index contributed by atoms with van der Waals surface area (Å²) in [5.74, 6) is 0.137. The number of para-hydroxylation sites is 2. The molecule has 4 rings (SSSR count). The average Bonchev–Trinajstić information content (AvgIpc) is 3.11. The van der Waals surface area contributed by atoms with Crippen LogP contribution < -0.4 is 4.90 Å². The van der Waals surface area contributed by atoms with E-state index in [-0.39, 0.29) is 5.82 Å². The maximum absolute atomic E-state index is 14.6. The highest BCUT2D eigenvalue weighted by molar-refractivity contribution is 5.92. The first-order chi connectivity index (χ1) is 12.8. The normalized spacial score (nSPS) is 15.2. The van der Waals surface area contributed by atoms with Crippen molar-refractivity contribution in [2.24, 2.45) is 0 Å². The summed E-state index contributed by atoms with van der Waals surface area (Å²) in [7, 11) is 0. The summed E-state index contributed by atoms with van der Waals surface area (Å²) in [6.45, 7) is 1.83. The first-order valence-electron chi connectivity index (χ1n) is 8.86. The van der Waals surface area contributed by atoms with Gasteiger partial charge in [-0.1, -0.05) is 18.2 Å². The molecule has 26 heavy (non-hydrogen) atoms. The van der Waals surface area contributed by atoms with Gasteiger partial charge in [-0.25, -0.2) is 9.37 Å². The molecular formula is C21H19FN4. The minimum atomic E-state index is -0.322. The number of rotatable bonds is 3. The van der Waals surface area contributed by atoms with Crippen LogP contribution in [0.25, 0.3) is 22.7 Å². The Morgan fingerprint density at radius 3 is 2.69 bits per heavy atom. The molecule has 0 bridgehead atoms. The number of aromatic nitrogens is 2. The van der Waals surface area contributed by atoms with Crippen LogP contribution in [0.15, 0.2) is 42.5 Å². The Labute approximate surface area is 151 Å². The molecule has 5 heteroatoms. The number of hydrogen-bond donors (Lipinski definition) is 1. The number of nitriles is 1. The van der Waals surface area contributed by atoms with Gasteiger partial charge >= 0.3 is 0 Å². The summed E-state index contributed by atoms with van der Waals surface area (Å²) >= 11 is 0. The number of piperidine rings is 1. The number of fused-ring (bicyclic) bond motifs is 1. The quantitative estimate of drug-likeness (QED) is 0.696. The lowest BCUT2D eigenvalue weighted by atomic mass is 10.0. The van der Waals surface area contributed by atoms with Gasteiger partial charge in [0.15, 0.2) is 0 Å². The Balaban J connectivity index is 1.79. The Morgan fingerprint density at radius 2 is 1.92 bits per heavy atom. The van der Waals surface area contributed by atoms with E-state index in [2.05, 4.69) is 20.9 Å². The fraction of sp³-hybridized carbons (Fsp3) is 0.238. The van der Waals surface area contributed by atoms with Crippen molar-refractivity contribution in [3.63, 3.8) is 0 Å². The van der Waals surface area contributed by atoms with E-state index in [1.54, 1.807) is 12.1 Å². The summed E-state index contributed by atoms with van der Waals surface area (Å²) < 4.78 is 14.6. The lowest BCUT2D eigenvalue weighted by molar-refractivity contribution is 0.573. The van der Waals surface area contributed by atoms with Crippen molar-refractivity contribution in [2.75, 3.05) is 18.0 Å². The summed E-state index contributed by atoms with van der Waals surface area (Å²) in [5.41, 5.74) is 3.26. The highest BCUT2D eigenvalue weighted by Crippen LogP contribution is 2.30. The van der Waals surface area contributed by atoms with Crippen molar-refractivity contribution in [1.29, 1.82) is 5.26 Å². The van der Waals surface area contributed by atoms with Crippen LogP contribution in [-0.4, -0.2) is 23.1 Å². The van der Waals surface area contributed by atoms with Crippen LogP contribution in [0.3, 0.4) is 0 Å². The number of H-pyrrole nitrogens is 1. The van der Waals surface area contributed by atoms with Crippen LogP contribution in [0, 0.1) is 17.1 Å². The van der Waals surface area contributed by atoms with Crippen LogP contribution in [0.2, 0.25) is 0 Å². The van der Waals surface area contributed by atoms with E-state index in [1.807, 2.05) is 30.3 Å². The molecule has 0 spiro atoms. The first-order valence-corrected chi connectivity index (χ1v) is 8.86. The third kappa shape index (κ3) is 3.06. The lowest BCUT2D eigenvalue weighted by Gasteiger charge is -2.30. The molecule has 2 aromatic carbocycles. The Bertz CT molecular complexity index is 973. The van der Waals surface area contributed by atoms with Crippen molar-refractivity contribution < 1.29 is 4.39 Å². The van der Waals surface area contributed by atoms with Gasteiger partial charge in [-0.2, -0.15) is 5.26 Å². The predicted octanol–water partition coefficient (Wildman–Crippen LogP) is 4.76. The Morgan fingerprint density at radius 1 is 1.12 bits per heavy atom. The lowest BCUT2D eigenvalue weighted by Crippen LogP contribution is -2.30. The number of halogens is 1. The number of hydrogen-bond acceptors (Lipinski definition) is 3. The number of nitrogens with zero attached hydrogens (tertiary/aromatic N) is 3. The van der Waals surface area contributed by atoms with Crippen molar-refractivity contribution >= 4 is 28.4 Å². The summed E-state index contributed by atoms with van der Waals surface area (Å²) in [5, 5.41) is 9.64. The van der Waals surface area contributed by atoms with Gasteiger partial charge in [0.1, 0.15) is 17.7 Å². The number of aromatic amines is 1. The van der Waals surface area contributed by atoms with E-state index in [4.69, 9.17) is 0 Å². The third-order valence-corrected chi connectivity index (χ3v) is 4.78. The van der Waals surface area contributed by atoms with Gasteiger partial charge in [0.05, 0.1) is 16.6 Å². The van der Waals surface area contributed by atoms with Crippen molar-refractivity contribution in [3.8, 4) is 6.07 Å². The molecule has 0 unspecified atom stereocenters. The van der Waals surface area contributed by atoms with Crippen LogP contribution in [0.1, 0.15) is 30.7 Å². The van der Waals surface area contributed by atoms with Crippen molar-refractivity contribution in [3.05, 3.63) is 59.7 Å². The monoisotopic (exact) mass is 346 g/mol. The van der Waals surface area contributed by atoms with Crippen molar-refractivity contribution in [1.82, 2.24) is 9.97 Å². The number of imidazole rings is 1. The zero-order valence-electron chi connectivity index (χ0n) is 14.4. The molecule has 3 aromatic rings. The summed E-state index contributed by atoms with van der Waals surface area (Å²) in [6.07, 6.45) is 5.03. The second-order valence-electron chi connectivity index (χ2n) is 6.49. The maximum Gasteiger partial charge on any atom is 0.149 e. The molecule has 1 aromatic heterocycles. The van der Waals surface area contributed by atoms with E-state index < -0.39 is 0 Å². The highest BCUT2D eigenvalue weighted by Gasteiger charge is 2.17. The summed E-state index contributed by atoms with van der Waals surface area (Å²) in [4.78, 5) is 9.82. The minimum absolute atomic E-state index is 0.322. The molecule has 1 aliphatic heterocycles. The molecule has 1 N–H and O–H groups in total. The molecule has 0 amide bonds. The van der Waals surface area contributed by atoms with Crippen LogP contribution in [0.5, 0.6) is 0 Å². The molecule has 0 aliphatic carbocycles. The fourth-order valence-electron chi connectivity index (χ4n) is 3.46. The van der Waals surface area contributed by atoms with Crippen molar-refractivity contribution in [2.45, 2.75) is 19.3 Å². The molecule has 1 saturated heterocycles. The zero-order valence-corrected chi connectivity index (χ0v) is 14.4. The van der Waals surface area contributed by atoms with Crippen LogP contribution in [-0.2, 0) is 0 Å². The highest BCUT2D eigenvalue weighted by atomic mass is 19.1. The van der Waals surface area contributed by atoms with Gasteiger partial charge in [0.25, 0.3) is 0 Å². The number of allylic oxidation sites excluding steroid dienone is 1. The SMILES string of the molecule is N#C/C(=C\c1c(F)cccc1N1CCCCC1)c1nc2ccccc2[nH]1. The molecule has 1 fully saturated rings. The molecular weight excluding hydrogens is 327 g/mol. The number of benzene rings is 2. The van der Waals surface area contributed by atoms with Gasteiger partial charge in [-0.3, -0.25) is 0 Å². The Kier molecular flexibility index (Phi) is 4.40. The third-order valence-electron chi connectivity index (χ3n) is 4.78. The zero-order chi connectivity index (χ0) is 17.9. The molecule has 0 atom stereocenters. The van der Waals surface area contributed by atoms with Crippen LogP contribution in [0.4, 0.5) is 10.1 Å². The first kappa shape index (κ1) is 16.3. The van der Waals surface area contributed by atoms with Gasteiger partial charge in [0, 0.05) is 24.3 Å². The second kappa shape index (κ2) is 7.01. The van der Waals surface area contributed by atoms with Gasteiger partial charge < -0.3 is 9.88 Å². The number of anilines is 1. The predicted molar refractivity (Wildman–Crippen MR) is 102 cm³/mol. The van der Waals surface area contributed by atoms with Gasteiger partial charge in [-0.05, 0) is 49.6 Å². The van der Waals surface area contributed by atoms with Crippen LogP contribution >= 0.6 is 0 Å². The van der Waals surface area contributed by atoms with Gasteiger partial charge in [-0.15, -0.1) is 0 Å². The van der Waals surface area contributed by atoms with E-state index in [9.17, 15) is 9.65 Å². The Hall–Kier alpha value is -3.13. The molecule has 130 valence electrons. The van der Waals surface area contributed by atoms with E-state index in [0.29, 0.717) is 17.0 Å². The van der Waals surface area contributed by atoms with E-state index in [0.717, 1.165) is 42.7 Å². The molecule has 2 heterocycles. The van der Waals surface area contributed by atoms with Gasteiger partial charge in [0.2, 0.25) is 0 Å². The molecule has 4 nitrogen and oxygen atoms in total. The molecule has 1 aliphatic rings. The topological polar surface area (TPSA) is 55.7 Å². The standard InChI is InChI=1S/C21H19FN4/c22-17-7-6-10-20(26-11-4-1-5-12-26)16(17)13-15(14-23)21-24-18-8-2-3-9-19(18)25-21/h2-3,6-10,13H,1,4-5,11-12H2,(H,24,25)/b15-13+. The second-order valence-corrected chi connectivity index (χ2v) is 6.49. The summed E-state index contributed by atoms with van der Waals surface area (Å²) in [6, 6.07) is 14.8. The smallest absolute Gasteiger partial charge is 0.149 e. The average molecular weight is 346 g/mol. The van der Waals surface area contributed by atoms with E-state index in [1.165, 1.54) is 12.5 Å².